The van der Waals surface area contributed by atoms with Crippen molar-refractivity contribution in [3.63, 3.8) is 0 Å². The summed E-state index contributed by atoms with van der Waals surface area (Å²) in [6, 6.07) is 4.77. The van der Waals surface area contributed by atoms with Crippen LogP contribution in [-0.4, -0.2) is 34.5 Å². The summed E-state index contributed by atoms with van der Waals surface area (Å²) in [6.45, 7) is 1.18. The van der Waals surface area contributed by atoms with Gasteiger partial charge in [0.25, 0.3) is 15.9 Å². The van der Waals surface area contributed by atoms with Crippen molar-refractivity contribution in [2.75, 3.05) is 18.9 Å². The van der Waals surface area contributed by atoms with Gasteiger partial charge in [0, 0.05) is 13.0 Å². The number of carbonyl (C=O) groups is 2. The van der Waals surface area contributed by atoms with Crippen LogP contribution in [0.2, 0.25) is 15.1 Å². The average Bonchev–Trinajstić information content (AvgIpc) is 2.65. The van der Waals surface area contributed by atoms with Crippen molar-refractivity contribution in [3.8, 4) is 11.5 Å². The van der Waals surface area contributed by atoms with E-state index in [1.165, 1.54) is 33.3 Å². The van der Waals surface area contributed by atoms with Gasteiger partial charge in [-0.2, -0.15) is 0 Å². The van der Waals surface area contributed by atoms with Crippen molar-refractivity contribution < 1.29 is 27.5 Å². The Balaban J connectivity index is 2.48. The number of benzene rings is 2. The van der Waals surface area contributed by atoms with Gasteiger partial charge >= 0.3 is 0 Å². The molecular weight excluding hydrogens is 481 g/mol. The van der Waals surface area contributed by atoms with Crippen LogP contribution in [0.5, 0.6) is 11.5 Å². The SMILES string of the molecule is COc1cc(OC)c(NS(=O)(=O)c2cc(C(=O)NNC(C)=O)c(Cl)cc2Cl)cc1Cl. The molecule has 0 heterocycles. The predicted molar refractivity (Wildman–Crippen MR) is 113 cm³/mol. The number of carbonyl (C=O) groups excluding carboxylic acids is 2. The number of nitrogens with one attached hydrogen (secondary N) is 3. The summed E-state index contributed by atoms with van der Waals surface area (Å²) in [4.78, 5) is 22.7. The number of methoxy groups -OCH3 is 2. The zero-order chi connectivity index (χ0) is 22.6. The molecule has 2 aromatic carbocycles. The normalized spacial score (nSPS) is 10.9. The van der Waals surface area contributed by atoms with Gasteiger partial charge in [0.15, 0.2) is 0 Å². The van der Waals surface area contributed by atoms with Crippen LogP contribution in [0.3, 0.4) is 0 Å². The van der Waals surface area contributed by atoms with Gasteiger partial charge in [0.1, 0.15) is 16.4 Å². The fraction of sp³-hybridized carbons (Fsp3) is 0.176. The minimum atomic E-state index is -4.30. The van der Waals surface area contributed by atoms with Crippen LogP contribution in [0, 0.1) is 0 Å². The molecule has 0 unspecified atom stereocenters. The summed E-state index contributed by atoms with van der Waals surface area (Å²) in [6.07, 6.45) is 0. The lowest BCUT2D eigenvalue weighted by molar-refractivity contribution is -0.119. The molecule has 30 heavy (non-hydrogen) atoms. The third kappa shape index (κ3) is 5.39. The molecule has 0 saturated heterocycles. The molecule has 0 fully saturated rings. The van der Waals surface area contributed by atoms with Crippen molar-refractivity contribution in [1.29, 1.82) is 0 Å². The Labute approximate surface area is 187 Å². The zero-order valence-corrected chi connectivity index (χ0v) is 18.9. The first-order valence-electron chi connectivity index (χ1n) is 8.00. The summed E-state index contributed by atoms with van der Waals surface area (Å²) in [5.74, 6) is -0.966. The molecule has 0 atom stereocenters. The maximum atomic E-state index is 12.9. The minimum absolute atomic E-state index is 0.0126. The fourth-order valence-electron chi connectivity index (χ4n) is 2.26. The zero-order valence-electron chi connectivity index (χ0n) is 15.8. The second-order valence-electron chi connectivity index (χ2n) is 5.69. The highest BCUT2D eigenvalue weighted by Gasteiger charge is 2.24. The Hall–Kier alpha value is -2.40. The smallest absolute Gasteiger partial charge is 0.271 e. The van der Waals surface area contributed by atoms with Gasteiger partial charge in [-0.3, -0.25) is 25.2 Å². The lowest BCUT2D eigenvalue weighted by Gasteiger charge is -2.16. The maximum Gasteiger partial charge on any atom is 0.271 e. The summed E-state index contributed by atoms with van der Waals surface area (Å²) < 4.78 is 38.4. The molecule has 0 aromatic heterocycles. The molecular formula is C17H16Cl3N3O6S. The first-order chi connectivity index (χ1) is 14.0. The van der Waals surface area contributed by atoms with Crippen LogP contribution >= 0.6 is 34.8 Å². The number of hydrogen-bond donors (Lipinski definition) is 3. The Morgan fingerprint density at radius 1 is 0.867 bits per heavy atom. The second-order valence-corrected chi connectivity index (χ2v) is 8.56. The van der Waals surface area contributed by atoms with Gasteiger partial charge in [0.2, 0.25) is 5.91 Å². The standard InChI is InChI=1S/C17H16Cl3N3O6S/c1-8(24)21-22-17(25)9-4-16(12(20)5-10(9)18)30(26,27)23-13-6-11(19)14(28-2)7-15(13)29-3/h4-7,23H,1-3H3,(H,21,24)(H,22,25). The Morgan fingerprint density at radius 3 is 2.07 bits per heavy atom. The van der Waals surface area contributed by atoms with Crippen LogP contribution in [-0.2, 0) is 14.8 Å². The van der Waals surface area contributed by atoms with Crippen molar-refractivity contribution >= 4 is 62.3 Å². The van der Waals surface area contributed by atoms with Crippen molar-refractivity contribution in [3.05, 3.63) is 44.9 Å². The Bertz CT molecular complexity index is 1110. The molecule has 2 aromatic rings. The largest absolute Gasteiger partial charge is 0.495 e. The minimum Gasteiger partial charge on any atom is -0.495 e. The van der Waals surface area contributed by atoms with Gasteiger partial charge in [-0.15, -0.1) is 0 Å². The number of sulfonamides is 1. The van der Waals surface area contributed by atoms with E-state index in [9.17, 15) is 18.0 Å². The summed E-state index contributed by atoms with van der Waals surface area (Å²) in [7, 11) is -1.58. The highest BCUT2D eigenvalue weighted by Crippen LogP contribution is 2.38. The number of anilines is 1. The van der Waals surface area contributed by atoms with Crippen LogP contribution < -0.4 is 25.0 Å². The maximum absolute atomic E-state index is 12.9. The number of rotatable bonds is 6. The molecule has 0 aliphatic carbocycles. The molecule has 2 rings (SSSR count). The second kappa shape index (κ2) is 9.61. The van der Waals surface area contributed by atoms with E-state index in [2.05, 4.69) is 15.6 Å². The van der Waals surface area contributed by atoms with E-state index in [1.807, 2.05) is 0 Å². The van der Waals surface area contributed by atoms with Crippen LogP contribution in [0.1, 0.15) is 17.3 Å². The lowest BCUT2D eigenvalue weighted by atomic mass is 10.2. The number of hydrazine groups is 1. The molecule has 0 radical (unpaired) electrons. The lowest BCUT2D eigenvalue weighted by Crippen LogP contribution is -2.40. The number of ether oxygens (including phenoxy) is 2. The quantitative estimate of drug-likeness (QED) is 0.528. The van der Waals surface area contributed by atoms with E-state index >= 15 is 0 Å². The number of halogens is 3. The number of hydrogen-bond acceptors (Lipinski definition) is 6. The predicted octanol–water partition coefficient (Wildman–Crippen LogP) is 3.25. The molecule has 162 valence electrons. The first-order valence-corrected chi connectivity index (χ1v) is 10.6. The van der Waals surface area contributed by atoms with E-state index in [0.717, 1.165) is 12.1 Å². The highest BCUT2D eigenvalue weighted by molar-refractivity contribution is 7.92. The van der Waals surface area contributed by atoms with Gasteiger partial charge in [0.05, 0.1) is 40.5 Å². The van der Waals surface area contributed by atoms with Gasteiger partial charge in [-0.25, -0.2) is 8.42 Å². The Kier molecular flexibility index (Phi) is 7.64. The first kappa shape index (κ1) is 23.9. The van der Waals surface area contributed by atoms with E-state index < -0.39 is 26.7 Å². The van der Waals surface area contributed by atoms with Gasteiger partial charge < -0.3 is 9.47 Å². The monoisotopic (exact) mass is 495 g/mol. The van der Waals surface area contributed by atoms with Crippen molar-refractivity contribution in [2.45, 2.75) is 11.8 Å². The van der Waals surface area contributed by atoms with Crippen LogP contribution in [0.25, 0.3) is 0 Å². The van der Waals surface area contributed by atoms with E-state index in [1.54, 1.807) is 0 Å². The molecule has 13 heteroatoms. The third-order valence-corrected chi connectivity index (χ3v) is 6.06. The highest BCUT2D eigenvalue weighted by atomic mass is 35.5. The molecule has 3 N–H and O–H groups in total. The fourth-order valence-corrected chi connectivity index (χ4v) is 4.42. The van der Waals surface area contributed by atoms with Crippen molar-refractivity contribution in [2.24, 2.45) is 0 Å². The molecule has 0 aliphatic rings. The van der Waals surface area contributed by atoms with Crippen molar-refractivity contribution in [1.82, 2.24) is 10.9 Å². The number of amides is 2. The van der Waals surface area contributed by atoms with E-state index in [0.29, 0.717) is 0 Å². The molecule has 2 amide bonds. The molecule has 9 nitrogen and oxygen atoms in total. The average molecular weight is 497 g/mol. The molecule has 0 aliphatic heterocycles. The summed E-state index contributed by atoms with van der Waals surface area (Å²) in [5, 5.41) is -0.220. The van der Waals surface area contributed by atoms with Gasteiger partial charge in [-0.1, -0.05) is 34.8 Å². The Morgan fingerprint density at radius 2 is 1.50 bits per heavy atom. The molecule has 0 saturated carbocycles. The van der Waals surface area contributed by atoms with Crippen LogP contribution in [0.4, 0.5) is 5.69 Å². The third-order valence-electron chi connectivity index (χ3n) is 3.63. The summed E-state index contributed by atoms with van der Waals surface area (Å²) >= 11 is 18.1. The van der Waals surface area contributed by atoms with E-state index in [4.69, 9.17) is 44.3 Å². The molecule has 0 spiro atoms. The topological polar surface area (TPSA) is 123 Å². The van der Waals surface area contributed by atoms with Gasteiger partial charge in [-0.05, 0) is 18.2 Å². The van der Waals surface area contributed by atoms with E-state index in [-0.39, 0.29) is 37.8 Å². The molecule has 0 bridgehead atoms. The summed E-state index contributed by atoms with van der Waals surface area (Å²) in [5.41, 5.74) is 3.96. The van der Waals surface area contributed by atoms with Crippen LogP contribution in [0.15, 0.2) is 29.2 Å².